The van der Waals surface area contributed by atoms with Crippen LogP contribution in [-0.2, 0) is 0 Å². The van der Waals surface area contributed by atoms with Gasteiger partial charge in [0.1, 0.15) is 5.75 Å². The van der Waals surface area contributed by atoms with Gasteiger partial charge in [0, 0.05) is 29.9 Å². The third kappa shape index (κ3) is 3.48. The van der Waals surface area contributed by atoms with E-state index in [-0.39, 0.29) is 0 Å². The van der Waals surface area contributed by atoms with E-state index in [1.54, 1.807) is 0 Å². The van der Waals surface area contributed by atoms with Gasteiger partial charge in [-0.1, -0.05) is 47.5 Å². The van der Waals surface area contributed by atoms with E-state index in [9.17, 15) is 0 Å². The van der Waals surface area contributed by atoms with Crippen LogP contribution < -0.4 is 4.74 Å². The molecule has 2 nitrogen and oxygen atoms in total. The molecule has 0 fully saturated rings. The second-order valence-electron chi connectivity index (χ2n) is 4.89. The highest BCUT2D eigenvalue weighted by Gasteiger charge is 2.25. The number of hydrogen-bond acceptors (Lipinski definition) is 2. The normalized spacial score (nSPS) is 17.8. The molecule has 0 amide bonds. The number of nitrogens with zero attached hydrogens (tertiary/aromatic N) is 1. The van der Waals surface area contributed by atoms with Crippen molar-refractivity contribution in [3.63, 3.8) is 0 Å². The number of alkyl halides is 1. The summed E-state index contributed by atoms with van der Waals surface area (Å²) in [5.41, 5.74) is 1.38. The third-order valence-electron chi connectivity index (χ3n) is 3.51. The highest BCUT2D eigenvalue weighted by molar-refractivity contribution is 9.09. The molecule has 3 heteroatoms. The van der Waals surface area contributed by atoms with Crippen LogP contribution >= 0.6 is 15.9 Å². The van der Waals surface area contributed by atoms with Crippen molar-refractivity contribution >= 4 is 15.9 Å². The predicted octanol–water partition coefficient (Wildman–Crippen LogP) is 3.66. The molecule has 0 radical (unpaired) electrons. The van der Waals surface area contributed by atoms with Gasteiger partial charge in [0.2, 0.25) is 0 Å². The Kier molecular flexibility index (Phi) is 5.51. The van der Waals surface area contributed by atoms with Crippen molar-refractivity contribution in [1.29, 1.82) is 0 Å². The van der Waals surface area contributed by atoms with Gasteiger partial charge in [-0.05, 0) is 19.0 Å². The van der Waals surface area contributed by atoms with Gasteiger partial charge in [-0.15, -0.1) is 0 Å². The Morgan fingerprint density at radius 2 is 2.17 bits per heavy atom. The lowest BCUT2D eigenvalue weighted by atomic mass is 10.0. The van der Waals surface area contributed by atoms with Crippen LogP contribution in [0.2, 0.25) is 0 Å². The Labute approximate surface area is 118 Å². The van der Waals surface area contributed by atoms with Crippen molar-refractivity contribution in [3.05, 3.63) is 29.8 Å². The lowest BCUT2D eigenvalue weighted by molar-refractivity contribution is 0.241. The van der Waals surface area contributed by atoms with Crippen LogP contribution in [0.25, 0.3) is 0 Å². The molecule has 0 saturated carbocycles. The molecule has 0 saturated heterocycles. The molecular formula is C15H22BrNO. The molecule has 0 aromatic heterocycles. The first-order chi connectivity index (χ1) is 8.85. The summed E-state index contributed by atoms with van der Waals surface area (Å²) in [4.78, 5) is 2.55. The predicted molar refractivity (Wildman–Crippen MR) is 79.8 cm³/mol. The van der Waals surface area contributed by atoms with E-state index < -0.39 is 0 Å². The van der Waals surface area contributed by atoms with Gasteiger partial charge in [0.25, 0.3) is 0 Å². The number of rotatable bonds is 7. The molecule has 1 unspecified atom stereocenters. The van der Waals surface area contributed by atoms with Crippen LogP contribution in [0, 0.1) is 0 Å². The number of hydrogen-bond donors (Lipinski definition) is 0. The van der Waals surface area contributed by atoms with E-state index >= 15 is 0 Å². The minimum absolute atomic E-state index is 0.539. The standard InChI is InChI=1S/C15H22BrNO/c1-2-3-9-17(10-8-16)11-13-12-18-15-7-5-4-6-14(13)15/h4-7,13H,2-3,8-12H2,1H3. The second-order valence-corrected chi connectivity index (χ2v) is 5.68. The lowest BCUT2D eigenvalue weighted by Gasteiger charge is -2.24. The summed E-state index contributed by atoms with van der Waals surface area (Å²) in [5.74, 6) is 1.62. The third-order valence-corrected chi connectivity index (χ3v) is 3.86. The van der Waals surface area contributed by atoms with Crippen molar-refractivity contribution in [2.45, 2.75) is 25.7 Å². The minimum Gasteiger partial charge on any atom is -0.493 e. The summed E-state index contributed by atoms with van der Waals surface area (Å²) in [6.45, 7) is 6.52. The average molecular weight is 312 g/mol. The zero-order valence-corrected chi connectivity index (χ0v) is 12.7. The van der Waals surface area contributed by atoms with Crippen LogP contribution in [0.3, 0.4) is 0 Å². The van der Waals surface area contributed by atoms with Crippen molar-refractivity contribution in [2.75, 3.05) is 31.6 Å². The Morgan fingerprint density at radius 3 is 2.94 bits per heavy atom. The summed E-state index contributed by atoms with van der Waals surface area (Å²) >= 11 is 3.55. The Bertz CT molecular complexity index is 369. The van der Waals surface area contributed by atoms with Gasteiger partial charge in [-0.25, -0.2) is 0 Å². The Balaban J connectivity index is 1.95. The first kappa shape index (κ1) is 13.9. The smallest absolute Gasteiger partial charge is 0.122 e. The zero-order valence-electron chi connectivity index (χ0n) is 11.1. The molecule has 1 atom stereocenters. The number of unbranched alkanes of at least 4 members (excludes halogenated alkanes) is 1. The number of para-hydroxylation sites is 1. The molecule has 0 bridgehead atoms. The summed E-state index contributed by atoms with van der Waals surface area (Å²) < 4.78 is 5.76. The van der Waals surface area contributed by atoms with Crippen LogP contribution in [0.5, 0.6) is 5.75 Å². The fourth-order valence-corrected chi connectivity index (χ4v) is 2.99. The molecule has 1 aliphatic heterocycles. The average Bonchev–Trinajstić information content (AvgIpc) is 2.80. The molecule has 2 rings (SSSR count). The zero-order chi connectivity index (χ0) is 12.8. The van der Waals surface area contributed by atoms with Crippen molar-refractivity contribution < 1.29 is 4.74 Å². The second kappa shape index (κ2) is 7.15. The largest absolute Gasteiger partial charge is 0.493 e. The first-order valence-electron chi connectivity index (χ1n) is 6.85. The van der Waals surface area contributed by atoms with E-state index in [1.165, 1.54) is 24.9 Å². The van der Waals surface area contributed by atoms with E-state index in [4.69, 9.17) is 4.74 Å². The van der Waals surface area contributed by atoms with Gasteiger partial charge in [0.05, 0.1) is 6.61 Å². The van der Waals surface area contributed by atoms with Crippen LogP contribution in [0.15, 0.2) is 24.3 Å². The summed E-state index contributed by atoms with van der Waals surface area (Å²) in [6.07, 6.45) is 2.54. The molecule has 0 N–H and O–H groups in total. The summed E-state index contributed by atoms with van der Waals surface area (Å²) in [5, 5.41) is 1.05. The molecule has 18 heavy (non-hydrogen) atoms. The maximum absolute atomic E-state index is 5.76. The molecule has 0 spiro atoms. The van der Waals surface area contributed by atoms with E-state index in [0.717, 1.165) is 30.8 Å². The van der Waals surface area contributed by atoms with Crippen molar-refractivity contribution in [3.8, 4) is 5.75 Å². The molecule has 1 heterocycles. The van der Waals surface area contributed by atoms with E-state index in [2.05, 4.69) is 52.0 Å². The quantitative estimate of drug-likeness (QED) is 0.713. The van der Waals surface area contributed by atoms with Crippen LogP contribution in [0.4, 0.5) is 0 Å². The maximum Gasteiger partial charge on any atom is 0.122 e. The minimum atomic E-state index is 0.539. The van der Waals surface area contributed by atoms with E-state index in [1.807, 2.05) is 0 Å². The van der Waals surface area contributed by atoms with Crippen LogP contribution in [0.1, 0.15) is 31.2 Å². The molecule has 100 valence electrons. The van der Waals surface area contributed by atoms with Gasteiger partial charge in [-0.2, -0.15) is 0 Å². The molecule has 1 aliphatic rings. The first-order valence-corrected chi connectivity index (χ1v) is 7.97. The Hall–Kier alpha value is -0.540. The summed E-state index contributed by atoms with van der Waals surface area (Å²) in [6, 6.07) is 8.45. The van der Waals surface area contributed by atoms with Gasteiger partial charge in [0.15, 0.2) is 0 Å². The fourth-order valence-electron chi connectivity index (χ4n) is 2.49. The molecule has 1 aromatic carbocycles. The van der Waals surface area contributed by atoms with Gasteiger partial charge in [-0.3, -0.25) is 0 Å². The fraction of sp³-hybridized carbons (Fsp3) is 0.600. The number of fused-ring (bicyclic) bond motifs is 1. The number of benzene rings is 1. The summed E-state index contributed by atoms with van der Waals surface area (Å²) in [7, 11) is 0. The lowest BCUT2D eigenvalue weighted by Crippen LogP contribution is -2.32. The topological polar surface area (TPSA) is 12.5 Å². The highest BCUT2D eigenvalue weighted by Crippen LogP contribution is 2.33. The van der Waals surface area contributed by atoms with Gasteiger partial charge < -0.3 is 9.64 Å². The number of ether oxygens (including phenoxy) is 1. The van der Waals surface area contributed by atoms with Crippen LogP contribution in [-0.4, -0.2) is 36.5 Å². The van der Waals surface area contributed by atoms with E-state index in [0.29, 0.717) is 5.92 Å². The molecule has 1 aromatic rings. The monoisotopic (exact) mass is 311 g/mol. The Morgan fingerprint density at radius 1 is 1.33 bits per heavy atom. The maximum atomic E-state index is 5.76. The number of halogens is 1. The molecule has 0 aliphatic carbocycles. The highest BCUT2D eigenvalue weighted by atomic mass is 79.9. The van der Waals surface area contributed by atoms with Crippen molar-refractivity contribution in [2.24, 2.45) is 0 Å². The van der Waals surface area contributed by atoms with Gasteiger partial charge >= 0.3 is 0 Å². The molecular weight excluding hydrogens is 290 g/mol. The SMILES string of the molecule is CCCCN(CCBr)CC1COc2ccccc21. The van der Waals surface area contributed by atoms with Crippen molar-refractivity contribution in [1.82, 2.24) is 4.90 Å².